The second-order valence-electron chi connectivity index (χ2n) is 3.09. The maximum Gasteiger partial charge on any atom is 0.217 e. The molecule has 72 valence electrons. The summed E-state index contributed by atoms with van der Waals surface area (Å²) in [6.07, 6.45) is 0. The molecule has 3 N–H and O–H groups in total. The lowest BCUT2D eigenvalue weighted by Gasteiger charge is -2.01. The molecule has 3 nitrogen and oxygen atoms in total. The SMILES string of the molecule is Cc1cc2cc(N)c(=S)[nH]c2nc1F. The Morgan fingerprint density at radius 3 is 2.93 bits per heavy atom. The van der Waals surface area contributed by atoms with Crippen molar-refractivity contribution in [2.24, 2.45) is 0 Å². The van der Waals surface area contributed by atoms with E-state index in [1.807, 2.05) is 0 Å². The number of fused-ring (bicyclic) bond motifs is 1. The molecule has 0 fully saturated rings. The fourth-order valence-electron chi connectivity index (χ4n) is 1.23. The summed E-state index contributed by atoms with van der Waals surface area (Å²) in [5.74, 6) is -0.493. The summed E-state index contributed by atoms with van der Waals surface area (Å²) < 4.78 is 13.5. The number of halogens is 1. The van der Waals surface area contributed by atoms with Crippen molar-refractivity contribution in [1.82, 2.24) is 9.97 Å². The fourth-order valence-corrected chi connectivity index (χ4v) is 1.39. The van der Waals surface area contributed by atoms with E-state index in [0.29, 0.717) is 21.5 Å². The van der Waals surface area contributed by atoms with Gasteiger partial charge in [-0.3, -0.25) is 0 Å². The Labute approximate surface area is 84.8 Å². The second kappa shape index (κ2) is 3.02. The maximum absolute atomic E-state index is 13.1. The number of nitrogens with zero attached hydrogens (tertiary/aromatic N) is 1. The topological polar surface area (TPSA) is 54.7 Å². The predicted molar refractivity (Wildman–Crippen MR) is 56.0 cm³/mol. The Balaban J connectivity index is 2.90. The van der Waals surface area contributed by atoms with Crippen LogP contribution in [0.25, 0.3) is 11.0 Å². The van der Waals surface area contributed by atoms with Crippen molar-refractivity contribution in [3.63, 3.8) is 0 Å². The molecule has 5 heteroatoms. The molecular formula is C9H8FN3S. The molecule has 0 spiro atoms. The zero-order chi connectivity index (χ0) is 10.3. The number of hydrogen-bond acceptors (Lipinski definition) is 3. The first-order valence-corrected chi connectivity index (χ1v) is 4.44. The third-order valence-electron chi connectivity index (χ3n) is 1.99. The molecule has 2 heterocycles. The molecule has 0 amide bonds. The summed E-state index contributed by atoms with van der Waals surface area (Å²) in [4.78, 5) is 6.50. The van der Waals surface area contributed by atoms with Crippen LogP contribution in [0.3, 0.4) is 0 Å². The van der Waals surface area contributed by atoms with E-state index in [0.717, 1.165) is 5.39 Å². The number of H-pyrrole nitrogens is 1. The standard InChI is InChI=1S/C9H8FN3S/c1-4-2-5-3-6(11)9(14)13-8(5)12-7(4)10/h2-3H,11H2,1H3,(H,12,13,14). The normalized spacial score (nSPS) is 10.7. The Morgan fingerprint density at radius 1 is 1.50 bits per heavy atom. The van der Waals surface area contributed by atoms with Gasteiger partial charge >= 0.3 is 0 Å². The molecule has 0 atom stereocenters. The summed E-state index contributed by atoms with van der Waals surface area (Å²) in [7, 11) is 0. The first kappa shape index (κ1) is 9.08. The Kier molecular flexibility index (Phi) is 1.96. The highest BCUT2D eigenvalue weighted by molar-refractivity contribution is 7.71. The van der Waals surface area contributed by atoms with Crippen molar-refractivity contribution >= 4 is 28.9 Å². The van der Waals surface area contributed by atoms with Crippen molar-refractivity contribution in [3.05, 3.63) is 28.3 Å². The smallest absolute Gasteiger partial charge is 0.217 e. The minimum absolute atomic E-state index is 0.383. The zero-order valence-electron chi connectivity index (χ0n) is 7.47. The highest BCUT2D eigenvalue weighted by atomic mass is 32.1. The van der Waals surface area contributed by atoms with Crippen LogP contribution in [0.5, 0.6) is 0 Å². The van der Waals surface area contributed by atoms with Gasteiger partial charge in [-0.1, -0.05) is 12.2 Å². The number of nitrogens with one attached hydrogen (secondary N) is 1. The average Bonchev–Trinajstić information content (AvgIpc) is 2.11. The van der Waals surface area contributed by atoms with Crippen molar-refractivity contribution in [2.45, 2.75) is 6.92 Å². The largest absolute Gasteiger partial charge is 0.396 e. The van der Waals surface area contributed by atoms with Crippen molar-refractivity contribution in [2.75, 3.05) is 5.73 Å². The van der Waals surface area contributed by atoms with Gasteiger partial charge in [0.1, 0.15) is 10.3 Å². The van der Waals surface area contributed by atoms with Gasteiger partial charge in [-0.25, -0.2) is 4.98 Å². The molecule has 0 bridgehead atoms. The molecule has 2 aromatic rings. The van der Waals surface area contributed by atoms with Gasteiger partial charge in [0, 0.05) is 10.9 Å². The number of nitrogen functional groups attached to an aromatic ring is 1. The molecule has 0 saturated carbocycles. The predicted octanol–water partition coefficient (Wildman–Crippen LogP) is 2.32. The van der Waals surface area contributed by atoms with E-state index in [1.165, 1.54) is 0 Å². The summed E-state index contributed by atoms with van der Waals surface area (Å²) >= 11 is 4.91. The van der Waals surface area contributed by atoms with Crippen molar-refractivity contribution in [3.8, 4) is 0 Å². The van der Waals surface area contributed by atoms with Gasteiger partial charge in [0.15, 0.2) is 0 Å². The first-order chi connectivity index (χ1) is 6.58. The fraction of sp³-hybridized carbons (Fsp3) is 0.111. The van der Waals surface area contributed by atoms with E-state index >= 15 is 0 Å². The molecule has 2 rings (SSSR count). The number of hydrogen-bond donors (Lipinski definition) is 2. The highest BCUT2D eigenvalue weighted by Crippen LogP contribution is 2.16. The lowest BCUT2D eigenvalue weighted by molar-refractivity contribution is 0.579. The number of anilines is 1. The summed E-state index contributed by atoms with van der Waals surface area (Å²) in [6.45, 7) is 1.65. The molecule has 2 aromatic heterocycles. The molecule has 0 aliphatic carbocycles. The van der Waals surface area contributed by atoms with Crippen LogP contribution < -0.4 is 5.73 Å². The van der Waals surface area contributed by atoms with Gasteiger partial charge in [-0.15, -0.1) is 0 Å². The lowest BCUT2D eigenvalue weighted by atomic mass is 10.2. The summed E-state index contributed by atoms with van der Waals surface area (Å²) in [5, 5.41) is 0.759. The minimum atomic E-state index is -0.493. The van der Waals surface area contributed by atoms with Gasteiger partial charge in [0.05, 0.1) is 5.69 Å². The van der Waals surface area contributed by atoms with Crippen molar-refractivity contribution in [1.29, 1.82) is 0 Å². The van der Waals surface area contributed by atoms with E-state index < -0.39 is 5.95 Å². The lowest BCUT2D eigenvalue weighted by Crippen LogP contribution is -1.95. The van der Waals surface area contributed by atoms with E-state index in [9.17, 15) is 4.39 Å². The molecular weight excluding hydrogens is 201 g/mol. The number of nitrogens with two attached hydrogens (primary N) is 1. The molecule has 0 aliphatic heterocycles. The molecule has 0 aromatic carbocycles. The number of aromatic nitrogens is 2. The van der Waals surface area contributed by atoms with Crippen LogP contribution >= 0.6 is 12.2 Å². The number of rotatable bonds is 0. The van der Waals surface area contributed by atoms with Gasteiger partial charge in [-0.05, 0) is 19.1 Å². The highest BCUT2D eigenvalue weighted by Gasteiger charge is 2.03. The van der Waals surface area contributed by atoms with Crippen molar-refractivity contribution < 1.29 is 4.39 Å². The zero-order valence-corrected chi connectivity index (χ0v) is 8.28. The van der Waals surface area contributed by atoms with Gasteiger partial charge < -0.3 is 10.7 Å². The van der Waals surface area contributed by atoms with Crippen LogP contribution in [0.1, 0.15) is 5.56 Å². The number of aryl methyl sites for hydroxylation is 1. The molecule has 0 unspecified atom stereocenters. The van der Waals surface area contributed by atoms with Crippen LogP contribution in [0, 0.1) is 17.5 Å². The maximum atomic E-state index is 13.1. The van der Waals surface area contributed by atoms with E-state index in [2.05, 4.69) is 9.97 Å². The van der Waals surface area contributed by atoms with E-state index in [-0.39, 0.29) is 0 Å². The van der Waals surface area contributed by atoms with Gasteiger partial charge in [0.2, 0.25) is 5.95 Å². The minimum Gasteiger partial charge on any atom is -0.396 e. The third-order valence-corrected chi connectivity index (χ3v) is 2.32. The van der Waals surface area contributed by atoms with Crippen LogP contribution in [-0.2, 0) is 0 Å². The first-order valence-electron chi connectivity index (χ1n) is 4.03. The number of pyridine rings is 2. The quantitative estimate of drug-likeness (QED) is 0.517. The molecule has 0 radical (unpaired) electrons. The second-order valence-corrected chi connectivity index (χ2v) is 3.50. The molecule has 0 aliphatic rings. The van der Waals surface area contributed by atoms with Crippen LogP contribution in [0.2, 0.25) is 0 Å². The average molecular weight is 209 g/mol. The summed E-state index contributed by atoms with van der Waals surface area (Å²) in [5.41, 5.74) is 7.00. The van der Waals surface area contributed by atoms with Gasteiger partial charge in [0.25, 0.3) is 0 Å². The third kappa shape index (κ3) is 1.35. The Hall–Kier alpha value is -1.49. The summed E-state index contributed by atoms with van der Waals surface area (Å²) in [6, 6.07) is 3.37. The van der Waals surface area contributed by atoms with Crippen LogP contribution in [0.4, 0.5) is 10.1 Å². The molecule has 0 saturated heterocycles. The monoisotopic (exact) mass is 209 g/mol. The van der Waals surface area contributed by atoms with E-state index in [4.69, 9.17) is 18.0 Å². The Bertz CT molecular complexity index is 562. The Morgan fingerprint density at radius 2 is 2.21 bits per heavy atom. The molecule has 14 heavy (non-hydrogen) atoms. The van der Waals surface area contributed by atoms with Gasteiger partial charge in [-0.2, -0.15) is 4.39 Å². The van der Waals surface area contributed by atoms with Crippen LogP contribution in [0.15, 0.2) is 12.1 Å². The number of aromatic amines is 1. The van der Waals surface area contributed by atoms with E-state index in [1.54, 1.807) is 19.1 Å². The van der Waals surface area contributed by atoms with Crippen LogP contribution in [-0.4, -0.2) is 9.97 Å².